The second-order valence-corrected chi connectivity index (χ2v) is 4.98. The number of hydrogen-bond acceptors (Lipinski definition) is 2. The monoisotopic (exact) mass is 280 g/mol. The van der Waals surface area contributed by atoms with Crippen LogP contribution in [0.4, 0.5) is 4.39 Å². The molecule has 3 heteroatoms. The minimum Gasteiger partial charge on any atom is -0.313 e. The predicted octanol–water partition coefficient (Wildman–Crippen LogP) is 4.15. The highest BCUT2D eigenvalue weighted by Crippen LogP contribution is 2.23. The molecular formula is C18H17FN2. The molecule has 106 valence electrons. The van der Waals surface area contributed by atoms with Gasteiger partial charge in [-0.1, -0.05) is 43.3 Å². The zero-order valence-electron chi connectivity index (χ0n) is 11.9. The molecule has 3 aromatic rings. The lowest BCUT2D eigenvalue weighted by atomic mass is 10.1. The van der Waals surface area contributed by atoms with Crippen LogP contribution in [0.25, 0.3) is 22.2 Å². The van der Waals surface area contributed by atoms with E-state index in [-0.39, 0.29) is 5.82 Å². The quantitative estimate of drug-likeness (QED) is 0.776. The van der Waals surface area contributed by atoms with Gasteiger partial charge in [-0.2, -0.15) is 0 Å². The molecule has 0 aliphatic carbocycles. The fourth-order valence-electron chi connectivity index (χ4n) is 2.34. The molecule has 1 heterocycles. The summed E-state index contributed by atoms with van der Waals surface area (Å²) in [5, 5.41) is 4.22. The smallest absolute Gasteiger partial charge is 0.128 e. The minimum atomic E-state index is -0.191. The van der Waals surface area contributed by atoms with E-state index in [4.69, 9.17) is 0 Å². The largest absolute Gasteiger partial charge is 0.313 e. The maximum atomic E-state index is 14.1. The van der Waals surface area contributed by atoms with Crippen molar-refractivity contribution in [2.24, 2.45) is 0 Å². The Labute approximate surface area is 123 Å². The third-order valence-electron chi connectivity index (χ3n) is 3.51. The van der Waals surface area contributed by atoms with Crippen LogP contribution in [0.3, 0.4) is 0 Å². The van der Waals surface area contributed by atoms with Gasteiger partial charge in [-0.25, -0.2) is 9.37 Å². The number of pyridine rings is 1. The van der Waals surface area contributed by atoms with Crippen LogP contribution in [0.2, 0.25) is 0 Å². The highest BCUT2D eigenvalue weighted by molar-refractivity contribution is 5.81. The normalized spacial score (nSPS) is 11.0. The van der Waals surface area contributed by atoms with Crippen LogP contribution in [-0.4, -0.2) is 11.5 Å². The van der Waals surface area contributed by atoms with Gasteiger partial charge < -0.3 is 5.32 Å². The molecule has 2 nitrogen and oxygen atoms in total. The highest BCUT2D eigenvalue weighted by atomic mass is 19.1. The van der Waals surface area contributed by atoms with Gasteiger partial charge in [-0.05, 0) is 24.7 Å². The summed E-state index contributed by atoms with van der Waals surface area (Å²) in [5.41, 5.74) is 3.20. The average molecular weight is 280 g/mol. The molecule has 3 rings (SSSR count). The first-order valence-corrected chi connectivity index (χ1v) is 7.13. The van der Waals surface area contributed by atoms with Crippen molar-refractivity contribution in [2.75, 3.05) is 6.54 Å². The van der Waals surface area contributed by atoms with Crippen LogP contribution < -0.4 is 5.32 Å². The van der Waals surface area contributed by atoms with Crippen LogP contribution >= 0.6 is 0 Å². The summed E-state index contributed by atoms with van der Waals surface area (Å²) in [5.74, 6) is -0.191. The summed E-state index contributed by atoms with van der Waals surface area (Å²) >= 11 is 0. The zero-order valence-corrected chi connectivity index (χ0v) is 11.9. The van der Waals surface area contributed by atoms with Gasteiger partial charge in [-0.15, -0.1) is 0 Å². The predicted molar refractivity (Wildman–Crippen MR) is 84.5 cm³/mol. The molecule has 0 radical (unpaired) electrons. The molecule has 1 N–H and O–H groups in total. The van der Waals surface area contributed by atoms with Crippen LogP contribution in [-0.2, 0) is 6.54 Å². The molecule has 0 aliphatic heterocycles. The maximum Gasteiger partial charge on any atom is 0.128 e. The fourth-order valence-corrected chi connectivity index (χ4v) is 2.34. The molecule has 0 unspecified atom stereocenters. The molecule has 0 bridgehead atoms. The third-order valence-corrected chi connectivity index (χ3v) is 3.51. The van der Waals surface area contributed by atoms with E-state index < -0.39 is 0 Å². The second-order valence-electron chi connectivity index (χ2n) is 4.98. The van der Waals surface area contributed by atoms with Crippen molar-refractivity contribution in [3.63, 3.8) is 0 Å². The number of fused-ring (bicyclic) bond motifs is 1. The van der Waals surface area contributed by atoms with E-state index in [1.54, 1.807) is 6.07 Å². The average Bonchev–Trinajstić information content (AvgIpc) is 2.53. The summed E-state index contributed by atoms with van der Waals surface area (Å²) in [7, 11) is 0. The van der Waals surface area contributed by atoms with Crippen molar-refractivity contribution < 1.29 is 4.39 Å². The van der Waals surface area contributed by atoms with E-state index in [0.29, 0.717) is 12.1 Å². The Morgan fingerprint density at radius 2 is 1.90 bits per heavy atom. The topological polar surface area (TPSA) is 24.9 Å². The lowest BCUT2D eigenvalue weighted by Crippen LogP contribution is -2.12. The summed E-state index contributed by atoms with van der Waals surface area (Å²) in [6, 6.07) is 17.2. The lowest BCUT2D eigenvalue weighted by Gasteiger charge is -2.07. The Hall–Kier alpha value is -2.26. The van der Waals surface area contributed by atoms with Crippen molar-refractivity contribution in [1.82, 2.24) is 10.3 Å². The van der Waals surface area contributed by atoms with Gasteiger partial charge in [-0.3, -0.25) is 0 Å². The number of nitrogens with one attached hydrogen (secondary N) is 1. The van der Waals surface area contributed by atoms with E-state index in [2.05, 4.69) is 10.3 Å². The van der Waals surface area contributed by atoms with Crippen molar-refractivity contribution >= 4 is 10.9 Å². The van der Waals surface area contributed by atoms with E-state index >= 15 is 0 Å². The van der Waals surface area contributed by atoms with Crippen LogP contribution in [0.5, 0.6) is 0 Å². The van der Waals surface area contributed by atoms with E-state index in [1.165, 1.54) is 0 Å². The van der Waals surface area contributed by atoms with Gasteiger partial charge in [0.25, 0.3) is 0 Å². The van der Waals surface area contributed by atoms with Gasteiger partial charge in [0.2, 0.25) is 0 Å². The molecule has 0 aliphatic rings. The summed E-state index contributed by atoms with van der Waals surface area (Å²) < 4.78 is 14.1. The Bertz CT molecular complexity index is 768. The standard InChI is InChI=1S/C18H17FN2/c1-2-20-12-15-8-7-14(11-16(15)19)18-10-9-13-5-3-4-6-17(13)21-18/h3-11,20H,2,12H2,1H3. The van der Waals surface area contributed by atoms with Crippen molar-refractivity contribution in [1.29, 1.82) is 0 Å². The van der Waals surface area contributed by atoms with E-state index in [0.717, 1.165) is 28.7 Å². The number of halogens is 1. The molecule has 0 amide bonds. The first-order chi connectivity index (χ1) is 10.3. The number of rotatable bonds is 4. The minimum absolute atomic E-state index is 0.191. The van der Waals surface area contributed by atoms with Crippen LogP contribution in [0, 0.1) is 5.82 Å². The van der Waals surface area contributed by atoms with Gasteiger partial charge in [0.15, 0.2) is 0 Å². The van der Waals surface area contributed by atoms with Crippen LogP contribution in [0.1, 0.15) is 12.5 Å². The van der Waals surface area contributed by atoms with E-state index in [1.807, 2.05) is 55.5 Å². The number of aromatic nitrogens is 1. The Morgan fingerprint density at radius 1 is 1.05 bits per heavy atom. The number of benzene rings is 2. The molecular weight excluding hydrogens is 263 g/mol. The van der Waals surface area contributed by atoms with Gasteiger partial charge in [0.1, 0.15) is 5.82 Å². The molecule has 1 aromatic heterocycles. The van der Waals surface area contributed by atoms with E-state index in [9.17, 15) is 4.39 Å². The Balaban J connectivity index is 1.96. The van der Waals surface area contributed by atoms with Crippen molar-refractivity contribution in [3.8, 4) is 11.3 Å². The summed E-state index contributed by atoms with van der Waals surface area (Å²) in [6.07, 6.45) is 0. The van der Waals surface area contributed by atoms with Crippen molar-refractivity contribution in [3.05, 3.63) is 66.0 Å². The molecule has 0 fully saturated rings. The van der Waals surface area contributed by atoms with Gasteiger partial charge in [0, 0.05) is 23.1 Å². The van der Waals surface area contributed by atoms with Crippen LogP contribution in [0.15, 0.2) is 54.6 Å². The molecule has 2 aromatic carbocycles. The number of para-hydroxylation sites is 1. The zero-order chi connectivity index (χ0) is 14.7. The summed E-state index contributed by atoms with van der Waals surface area (Å²) in [6.45, 7) is 3.38. The Kier molecular flexibility index (Phi) is 3.93. The fraction of sp³-hybridized carbons (Fsp3) is 0.167. The highest BCUT2D eigenvalue weighted by Gasteiger charge is 2.06. The number of hydrogen-bond donors (Lipinski definition) is 1. The third kappa shape index (κ3) is 2.93. The Morgan fingerprint density at radius 3 is 2.71 bits per heavy atom. The first kappa shape index (κ1) is 13.7. The van der Waals surface area contributed by atoms with Gasteiger partial charge in [0.05, 0.1) is 11.2 Å². The SMILES string of the molecule is CCNCc1ccc(-c2ccc3ccccc3n2)cc1F. The molecule has 0 saturated carbocycles. The maximum absolute atomic E-state index is 14.1. The molecule has 0 saturated heterocycles. The van der Waals surface area contributed by atoms with Gasteiger partial charge >= 0.3 is 0 Å². The second kappa shape index (κ2) is 6.02. The van der Waals surface area contributed by atoms with Crippen molar-refractivity contribution in [2.45, 2.75) is 13.5 Å². The molecule has 0 spiro atoms. The summed E-state index contributed by atoms with van der Waals surface area (Å²) in [4.78, 5) is 4.60. The molecule has 0 atom stereocenters. The number of nitrogens with zero attached hydrogens (tertiary/aromatic N) is 1. The lowest BCUT2D eigenvalue weighted by molar-refractivity contribution is 0.594. The molecule has 21 heavy (non-hydrogen) atoms. The first-order valence-electron chi connectivity index (χ1n) is 7.13.